The number of anilines is 1. The second-order valence-electron chi connectivity index (χ2n) is 6.32. The summed E-state index contributed by atoms with van der Waals surface area (Å²) < 4.78 is 0. The number of hydrogen-bond donors (Lipinski definition) is 3. The maximum absolute atomic E-state index is 12.8. The van der Waals surface area contributed by atoms with Crippen molar-refractivity contribution in [1.29, 1.82) is 0 Å². The van der Waals surface area contributed by atoms with Gasteiger partial charge in [-0.15, -0.1) is 0 Å². The zero-order chi connectivity index (χ0) is 18.7. The number of amides is 2. The average molecular weight is 356 g/mol. The topological polar surface area (TPSA) is 115 Å². The van der Waals surface area contributed by atoms with Crippen molar-refractivity contribution in [2.75, 3.05) is 11.9 Å². The van der Waals surface area contributed by atoms with E-state index in [0.717, 1.165) is 18.5 Å². The number of hydrogen-bond acceptors (Lipinski definition) is 4. The lowest BCUT2D eigenvalue weighted by Gasteiger charge is -2.33. The Bertz CT molecular complexity index is 845. The fraction of sp³-hybridized carbons (Fsp3) is 0.333. The Morgan fingerprint density at radius 2 is 2.08 bits per heavy atom. The summed E-state index contributed by atoms with van der Waals surface area (Å²) in [5, 5.41) is 18.6. The highest BCUT2D eigenvalue weighted by Crippen LogP contribution is 2.21. The molecule has 2 amide bonds. The van der Waals surface area contributed by atoms with Gasteiger partial charge in [-0.25, -0.2) is 4.79 Å². The zero-order valence-electron chi connectivity index (χ0n) is 14.4. The molecule has 1 fully saturated rings. The molecule has 0 bridgehead atoms. The highest BCUT2D eigenvalue weighted by atomic mass is 16.4. The molecule has 3 rings (SSSR count). The van der Waals surface area contributed by atoms with Crippen molar-refractivity contribution < 1.29 is 19.5 Å². The number of nitrogens with zero attached hydrogens (tertiary/aromatic N) is 2. The van der Waals surface area contributed by atoms with Crippen molar-refractivity contribution in [2.45, 2.75) is 32.2 Å². The number of nitrogens with one attached hydrogen (secondary N) is 2. The molecular weight excluding hydrogens is 336 g/mol. The number of piperidine rings is 1. The maximum Gasteiger partial charge on any atom is 0.326 e. The van der Waals surface area contributed by atoms with Crippen LogP contribution >= 0.6 is 0 Å². The van der Waals surface area contributed by atoms with Crippen molar-refractivity contribution in [3.8, 4) is 0 Å². The fourth-order valence-electron chi connectivity index (χ4n) is 3.06. The molecule has 0 radical (unpaired) electrons. The van der Waals surface area contributed by atoms with Crippen LogP contribution in [0, 0.1) is 6.92 Å². The van der Waals surface area contributed by atoms with E-state index in [2.05, 4.69) is 15.5 Å². The predicted molar refractivity (Wildman–Crippen MR) is 94.0 cm³/mol. The molecule has 3 N–H and O–H groups in total. The van der Waals surface area contributed by atoms with E-state index >= 15 is 0 Å². The molecule has 26 heavy (non-hydrogen) atoms. The third-order valence-electron chi connectivity index (χ3n) is 4.35. The van der Waals surface area contributed by atoms with Gasteiger partial charge in [-0.2, -0.15) is 5.10 Å². The third-order valence-corrected chi connectivity index (χ3v) is 4.35. The van der Waals surface area contributed by atoms with Crippen LogP contribution in [0.15, 0.2) is 30.3 Å². The quantitative estimate of drug-likeness (QED) is 0.775. The van der Waals surface area contributed by atoms with Gasteiger partial charge in [0.15, 0.2) is 5.69 Å². The van der Waals surface area contributed by atoms with Gasteiger partial charge in [0.1, 0.15) is 6.04 Å². The van der Waals surface area contributed by atoms with Gasteiger partial charge in [-0.3, -0.25) is 14.7 Å². The van der Waals surface area contributed by atoms with Gasteiger partial charge in [-0.1, -0.05) is 6.07 Å². The molecule has 1 aliphatic heterocycles. The normalized spacial score (nSPS) is 17.0. The third kappa shape index (κ3) is 3.74. The monoisotopic (exact) mass is 356 g/mol. The Balaban J connectivity index is 1.77. The first-order valence-electron chi connectivity index (χ1n) is 8.43. The molecule has 8 heteroatoms. The molecule has 8 nitrogen and oxygen atoms in total. The molecule has 1 atom stereocenters. The van der Waals surface area contributed by atoms with Crippen LogP contribution < -0.4 is 5.32 Å². The maximum atomic E-state index is 12.8. The van der Waals surface area contributed by atoms with Crippen molar-refractivity contribution in [3.63, 3.8) is 0 Å². The molecule has 1 aromatic heterocycles. The fourth-order valence-corrected chi connectivity index (χ4v) is 3.06. The lowest BCUT2D eigenvalue weighted by atomic mass is 10.0. The minimum Gasteiger partial charge on any atom is -0.480 e. The molecule has 1 aromatic carbocycles. The number of carboxylic acids is 1. The second kappa shape index (κ2) is 7.38. The van der Waals surface area contributed by atoms with Crippen molar-refractivity contribution in [3.05, 3.63) is 47.3 Å². The van der Waals surface area contributed by atoms with E-state index in [1.165, 1.54) is 4.90 Å². The second-order valence-corrected chi connectivity index (χ2v) is 6.32. The van der Waals surface area contributed by atoms with Crippen LogP contribution in [0.3, 0.4) is 0 Å². The molecule has 0 saturated carbocycles. The van der Waals surface area contributed by atoms with Gasteiger partial charge in [-0.05, 0) is 50.5 Å². The summed E-state index contributed by atoms with van der Waals surface area (Å²) in [5.41, 5.74) is 1.81. The number of likely N-dealkylation sites (tertiary alicyclic amines) is 1. The summed E-state index contributed by atoms with van der Waals surface area (Å²) in [6, 6.07) is 7.30. The van der Waals surface area contributed by atoms with Crippen LogP contribution in [0.1, 0.15) is 45.8 Å². The van der Waals surface area contributed by atoms with Crippen LogP contribution in [0.4, 0.5) is 5.69 Å². The average Bonchev–Trinajstić information content (AvgIpc) is 3.08. The Kier molecular flexibility index (Phi) is 5.01. The summed E-state index contributed by atoms with van der Waals surface area (Å²) in [6.45, 7) is 2.21. The molecule has 1 saturated heterocycles. The van der Waals surface area contributed by atoms with Crippen LogP contribution in [-0.2, 0) is 4.79 Å². The number of benzene rings is 1. The number of carboxylic acid groups (broad SMARTS) is 1. The minimum atomic E-state index is -0.989. The van der Waals surface area contributed by atoms with Gasteiger partial charge in [0.25, 0.3) is 11.8 Å². The Labute approximate surface area is 150 Å². The number of aliphatic carboxylic acids is 1. The smallest absolute Gasteiger partial charge is 0.326 e. The molecule has 1 unspecified atom stereocenters. The predicted octanol–water partition coefficient (Wildman–Crippen LogP) is 2.05. The number of aryl methyl sites for hydroxylation is 1. The summed E-state index contributed by atoms with van der Waals surface area (Å²) >= 11 is 0. The SMILES string of the molecule is Cc1cc(C(=O)Nc2cccc(C(=O)N3CCCCC3C(=O)O)c2)n[nH]1. The van der Waals surface area contributed by atoms with Gasteiger partial charge >= 0.3 is 5.97 Å². The number of carbonyl (C=O) groups is 3. The Morgan fingerprint density at radius 3 is 2.77 bits per heavy atom. The number of aromatic nitrogens is 2. The first-order valence-corrected chi connectivity index (χ1v) is 8.43. The standard InChI is InChI=1S/C18H20N4O4/c1-11-9-14(21-20-11)16(23)19-13-6-4-5-12(10-13)17(24)22-8-3-2-7-15(22)18(25)26/h4-6,9-10,15H,2-3,7-8H2,1H3,(H,19,23)(H,20,21)(H,25,26). The molecule has 1 aliphatic rings. The van der Waals surface area contributed by atoms with E-state index in [0.29, 0.717) is 24.2 Å². The minimum absolute atomic E-state index is 0.251. The van der Waals surface area contributed by atoms with E-state index in [9.17, 15) is 19.5 Å². The van der Waals surface area contributed by atoms with Gasteiger partial charge < -0.3 is 15.3 Å². The largest absolute Gasteiger partial charge is 0.480 e. The van der Waals surface area contributed by atoms with Crippen LogP contribution in [0.25, 0.3) is 0 Å². The van der Waals surface area contributed by atoms with Crippen molar-refractivity contribution in [2.24, 2.45) is 0 Å². The summed E-state index contributed by atoms with van der Waals surface area (Å²) in [5.74, 6) is -1.72. The Morgan fingerprint density at radius 1 is 1.27 bits per heavy atom. The molecule has 2 heterocycles. The number of carbonyl (C=O) groups excluding carboxylic acids is 2. The molecule has 2 aromatic rings. The van der Waals surface area contributed by atoms with Crippen LogP contribution in [-0.4, -0.2) is 50.6 Å². The zero-order valence-corrected chi connectivity index (χ0v) is 14.4. The molecule has 0 spiro atoms. The van der Waals surface area contributed by atoms with E-state index in [1.807, 2.05) is 0 Å². The Hall–Kier alpha value is -3.16. The summed E-state index contributed by atoms with van der Waals surface area (Å²) in [4.78, 5) is 37.7. The first-order chi connectivity index (χ1) is 12.5. The van der Waals surface area contributed by atoms with Gasteiger partial charge in [0, 0.05) is 23.5 Å². The molecule has 136 valence electrons. The molecule has 0 aliphatic carbocycles. The van der Waals surface area contributed by atoms with E-state index in [4.69, 9.17) is 0 Å². The van der Waals surface area contributed by atoms with E-state index in [-0.39, 0.29) is 17.5 Å². The lowest BCUT2D eigenvalue weighted by Crippen LogP contribution is -2.48. The van der Waals surface area contributed by atoms with Crippen molar-refractivity contribution in [1.82, 2.24) is 15.1 Å². The number of rotatable bonds is 4. The van der Waals surface area contributed by atoms with Crippen LogP contribution in [0.5, 0.6) is 0 Å². The van der Waals surface area contributed by atoms with E-state index in [1.54, 1.807) is 37.3 Å². The van der Waals surface area contributed by atoms with E-state index < -0.39 is 12.0 Å². The highest BCUT2D eigenvalue weighted by Gasteiger charge is 2.32. The number of H-pyrrole nitrogens is 1. The van der Waals surface area contributed by atoms with Gasteiger partial charge in [0.05, 0.1) is 0 Å². The summed E-state index contributed by atoms with van der Waals surface area (Å²) in [6.07, 6.45) is 2.03. The molecular formula is C18H20N4O4. The summed E-state index contributed by atoms with van der Waals surface area (Å²) in [7, 11) is 0. The lowest BCUT2D eigenvalue weighted by molar-refractivity contribution is -0.143. The highest BCUT2D eigenvalue weighted by molar-refractivity contribution is 6.04. The van der Waals surface area contributed by atoms with Gasteiger partial charge in [0.2, 0.25) is 0 Å². The number of aromatic amines is 1. The van der Waals surface area contributed by atoms with Crippen molar-refractivity contribution >= 4 is 23.5 Å². The first kappa shape index (κ1) is 17.7. The van der Waals surface area contributed by atoms with Crippen LogP contribution in [0.2, 0.25) is 0 Å².